The van der Waals surface area contributed by atoms with Crippen molar-refractivity contribution in [1.82, 2.24) is 0 Å². The molecule has 0 radical (unpaired) electrons. The third-order valence-electron chi connectivity index (χ3n) is 6.10. The zero-order valence-corrected chi connectivity index (χ0v) is 22.9. The molecule has 0 heterocycles. The number of halogens is 3. The number of nitrogens with two attached hydrogens (primary N) is 1. The zero-order valence-electron chi connectivity index (χ0n) is 20.6. The summed E-state index contributed by atoms with van der Waals surface area (Å²) in [5.74, 6) is -0.996. The molecule has 0 bridgehead atoms. The second-order valence-corrected chi connectivity index (χ2v) is 10.2. The Morgan fingerprint density at radius 2 is 1.45 bits per heavy atom. The quantitative estimate of drug-likeness (QED) is 0.209. The molecule has 0 saturated heterocycles. The number of rotatable bonds is 8. The van der Waals surface area contributed by atoms with E-state index in [1.165, 1.54) is 0 Å². The summed E-state index contributed by atoms with van der Waals surface area (Å²) >= 11 is 18.7. The van der Waals surface area contributed by atoms with Crippen molar-refractivity contribution in [1.29, 1.82) is 0 Å². The van der Waals surface area contributed by atoms with E-state index >= 15 is 0 Å². The molecule has 0 aliphatic carbocycles. The molecule has 0 unspecified atom stereocenters. The Balaban J connectivity index is 1.63. The third kappa shape index (κ3) is 5.81. The fourth-order valence-corrected chi connectivity index (χ4v) is 4.85. The third-order valence-corrected chi connectivity index (χ3v) is 7.06. The van der Waals surface area contributed by atoms with Gasteiger partial charge in [0.1, 0.15) is 12.4 Å². The molecule has 0 aliphatic rings. The predicted octanol–water partition coefficient (Wildman–Crippen LogP) is 8.14. The first-order valence-electron chi connectivity index (χ1n) is 11.7. The van der Waals surface area contributed by atoms with Crippen LogP contribution >= 0.6 is 34.8 Å². The number of benzene rings is 4. The molecule has 0 aromatic heterocycles. The highest BCUT2D eigenvalue weighted by Crippen LogP contribution is 2.32. The number of hydrogen-bond acceptors (Lipinski definition) is 4. The van der Waals surface area contributed by atoms with E-state index < -0.39 is 5.97 Å². The van der Waals surface area contributed by atoms with E-state index in [9.17, 15) is 14.7 Å². The number of aromatic carboxylic acids is 1. The first kappa shape index (κ1) is 27.5. The number of carboxylic acids is 1. The molecule has 5 nitrogen and oxygen atoms in total. The van der Waals surface area contributed by atoms with Crippen LogP contribution in [0.4, 0.5) is 0 Å². The molecule has 0 amide bonds. The molecule has 0 saturated carbocycles. The van der Waals surface area contributed by atoms with Gasteiger partial charge in [0.05, 0.1) is 31.9 Å². The average Bonchev–Trinajstić information content (AvgIpc) is 2.88. The summed E-state index contributed by atoms with van der Waals surface area (Å²) in [4.78, 5) is 24.5. The molecule has 0 spiro atoms. The van der Waals surface area contributed by atoms with Crippen LogP contribution in [0.1, 0.15) is 29.8 Å². The monoisotopic (exact) mass is 567 g/mol. The predicted molar refractivity (Wildman–Crippen MR) is 154 cm³/mol. The van der Waals surface area contributed by atoms with Gasteiger partial charge in [0, 0.05) is 11.5 Å². The van der Waals surface area contributed by atoms with Gasteiger partial charge in [0.25, 0.3) is 0 Å². The Bertz CT molecular complexity index is 1570. The van der Waals surface area contributed by atoms with Crippen LogP contribution in [0.5, 0.6) is 5.75 Å². The van der Waals surface area contributed by atoms with E-state index in [0.717, 1.165) is 21.9 Å². The second-order valence-electron chi connectivity index (χ2n) is 9.02. The lowest BCUT2D eigenvalue weighted by Crippen LogP contribution is -2.21. The molecule has 4 aromatic carbocycles. The molecular formula is C30H24Cl3NO4. The fourth-order valence-electron chi connectivity index (χ4n) is 4.05. The maximum Gasteiger partial charge on any atom is 0.337 e. The number of Topliss-reactive ketones (excluding diaryl/α,β-unsaturated/α-hetero) is 1. The van der Waals surface area contributed by atoms with Crippen molar-refractivity contribution >= 4 is 63.0 Å². The van der Waals surface area contributed by atoms with Crippen LogP contribution in [0.25, 0.3) is 27.6 Å². The summed E-state index contributed by atoms with van der Waals surface area (Å²) in [7, 11) is 0. The highest BCUT2D eigenvalue weighted by molar-refractivity contribution is 6.37. The van der Waals surface area contributed by atoms with Gasteiger partial charge < -0.3 is 15.6 Å². The van der Waals surface area contributed by atoms with Gasteiger partial charge in [-0.05, 0) is 64.4 Å². The smallest absolute Gasteiger partial charge is 0.337 e. The molecule has 0 fully saturated rings. The van der Waals surface area contributed by atoms with E-state index in [1.54, 1.807) is 56.3 Å². The first-order valence-corrected chi connectivity index (χ1v) is 12.9. The topological polar surface area (TPSA) is 89.6 Å². The number of carboxylic acid groups (broad SMARTS) is 1. The number of ether oxygens (including phenoxy) is 1. The van der Waals surface area contributed by atoms with Crippen molar-refractivity contribution in [3.8, 4) is 16.9 Å². The molecule has 194 valence electrons. The lowest BCUT2D eigenvalue weighted by molar-refractivity contribution is -0.118. The van der Waals surface area contributed by atoms with Crippen molar-refractivity contribution < 1.29 is 19.4 Å². The van der Waals surface area contributed by atoms with Crippen molar-refractivity contribution in [3.05, 3.63) is 105 Å². The summed E-state index contributed by atoms with van der Waals surface area (Å²) < 4.78 is 6.02. The van der Waals surface area contributed by atoms with E-state index in [0.29, 0.717) is 26.9 Å². The van der Waals surface area contributed by atoms with Crippen molar-refractivity contribution in [2.75, 3.05) is 6.61 Å². The van der Waals surface area contributed by atoms with E-state index in [1.807, 2.05) is 30.3 Å². The van der Waals surface area contributed by atoms with Crippen LogP contribution in [0.2, 0.25) is 15.1 Å². The number of carbonyl (C=O) groups is 2. The number of ketones is 1. The van der Waals surface area contributed by atoms with Gasteiger partial charge in [-0.15, -0.1) is 0 Å². The summed E-state index contributed by atoms with van der Waals surface area (Å²) in [5, 5.41) is 12.1. The van der Waals surface area contributed by atoms with Crippen molar-refractivity contribution in [3.63, 3.8) is 0 Å². The Morgan fingerprint density at radius 3 is 2.11 bits per heavy atom. The van der Waals surface area contributed by atoms with Gasteiger partial charge in [-0.2, -0.15) is 0 Å². The SMILES string of the molecule is CC(C)C(=O)/C(COc1ccc2cc(-c3ccc(Cl)c(C(=O)O)c3)ccc2c1)=C(\N)c1c(Cl)cccc1Cl. The fraction of sp³-hybridized carbons (Fsp3) is 0.133. The minimum absolute atomic E-state index is 0.0464. The second kappa shape index (κ2) is 11.5. The largest absolute Gasteiger partial charge is 0.489 e. The average molecular weight is 569 g/mol. The Morgan fingerprint density at radius 1 is 0.842 bits per heavy atom. The minimum Gasteiger partial charge on any atom is -0.489 e. The van der Waals surface area contributed by atoms with Crippen molar-refractivity contribution in [2.24, 2.45) is 11.7 Å². The Labute approximate surface area is 235 Å². The van der Waals surface area contributed by atoms with Crippen LogP contribution in [0.15, 0.2) is 78.4 Å². The van der Waals surface area contributed by atoms with Gasteiger partial charge in [-0.25, -0.2) is 4.79 Å². The summed E-state index contributed by atoms with van der Waals surface area (Å²) in [6.07, 6.45) is 0. The molecule has 0 atom stereocenters. The highest BCUT2D eigenvalue weighted by atomic mass is 35.5. The maximum absolute atomic E-state index is 13.0. The summed E-state index contributed by atoms with van der Waals surface area (Å²) in [5.41, 5.74) is 8.93. The number of hydrogen-bond donors (Lipinski definition) is 2. The van der Waals surface area contributed by atoms with Crippen LogP contribution < -0.4 is 10.5 Å². The van der Waals surface area contributed by atoms with Gasteiger partial charge in [0.15, 0.2) is 5.78 Å². The number of carbonyl (C=O) groups excluding carboxylic acids is 1. The molecule has 4 rings (SSSR count). The maximum atomic E-state index is 13.0. The molecule has 8 heteroatoms. The van der Waals surface area contributed by atoms with E-state index in [4.69, 9.17) is 45.3 Å². The van der Waals surface area contributed by atoms with Crippen LogP contribution in [-0.4, -0.2) is 23.5 Å². The normalized spacial score (nSPS) is 11.9. The summed E-state index contributed by atoms with van der Waals surface area (Å²) in [6, 6.07) is 21.3. The van der Waals surface area contributed by atoms with E-state index in [2.05, 4.69) is 0 Å². The van der Waals surface area contributed by atoms with Crippen LogP contribution in [0.3, 0.4) is 0 Å². The molecule has 4 aromatic rings. The Kier molecular flexibility index (Phi) is 8.32. The standard InChI is InChI=1S/C30H24Cl3NO4/c1-16(2)29(35)23(28(34)27-25(32)4-3-5-26(27)33)15-38-21-10-8-18-12-17(6-7-19(18)13-21)20-9-11-24(31)22(14-20)30(36)37/h3-14,16H,15,34H2,1-2H3,(H,36,37)/b28-23-. The highest BCUT2D eigenvalue weighted by Gasteiger charge is 2.22. The summed E-state index contributed by atoms with van der Waals surface area (Å²) in [6.45, 7) is 3.52. The lowest BCUT2D eigenvalue weighted by Gasteiger charge is -2.17. The van der Waals surface area contributed by atoms with Gasteiger partial charge in [-0.3, -0.25) is 4.79 Å². The Hall–Kier alpha value is -3.51. The van der Waals surface area contributed by atoms with Crippen LogP contribution in [0, 0.1) is 5.92 Å². The molecule has 0 aliphatic heterocycles. The molecular weight excluding hydrogens is 545 g/mol. The van der Waals surface area contributed by atoms with Crippen molar-refractivity contribution in [2.45, 2.75) is 13.8 Å². The first-order chi connectivity index (χ1) is 18.1. The zero-order chi connectivity index (χ0) is 27.6. The van der Waals surface area contributed by atoms with Gasteiger partial charge in [0.2, 0.25) is 0 Å². The minimum atomic E-state index is -1.08. The molecule has 38 heavy (non-hydrogen) atoms. The van der Waals surface area contributed by atoms with E-state index in [-0.39, 0.29) is 34.6 Å². The van der Waals surface area contributed by atoms with Gasteiger partial charge in [-0.1, -0.05) is 79.0 Å². The number of fused-ring (bicyclic) bond motifs is 1. The molecule has 3 N–H and O–H groups in total. The van der Waals surface area contributed by atoms with Crippen LogP contribution in [-0.2, 0) is 4.79 Å². The van der Waals surface area contributed by atoms with Gasteiger partial charge >= 0.3 is 5.97 Å². The lowest BCUT2D eigenvalue weighted by atomic mass is 9.97.